The average Bonchev–Trinajstić information content (AvgIpc) is 2.60. The van der Waals surface area contributed by atoms with Gasteiger partial charge in [0.05, 0.1) is 11.7 Å². The lowest BCUT2D eigenvalue weighted by Gasteiger charge is -2.36. The van der Waals surface area contributed by atoms with Crippen LogP contribution in [0.15, 0.2) is 0 Å². The smallest absolute Gasteiger partial charge is 0.0945 e. The summed E-state index contributed by atoms with van der Waals surface area (Å²) in [6.07, 6.45) is 5.89. The summed E-state index contributed by atoms with van der Waals surface area (Å²) in [6.45, 7) is 9.32. The molecule has 1 saturated heterocycles. The first-order valence-corrected chi connectivity index (χ1v) is 5.62. The number of hydrogen-bond acceptors (Lipinski definition) is 1. The van der Waals surface area contributed by atoms with Crippen molar-refractivity contribution in [3.63, 3.8) is 0 Å². The predicted molar refractivity (Wildman–Crippen MR) is 54.7 cm³/mol. The molecule has 0 radical (unpaired) electrons. The van der Waals surface area contributed by atoms with Crippen LogP contribution in [0.2, 0.25) is 0 Å². The van der Waals surface area contributed by atoms with Gasteiger partial charge in [0, 0.05) is 0 Å². The molecular formula is C12H22O. The van der Waals surface area contributed by atoms with Crippen molar-refractivity contribution in [1.29, 1.82) is 0 Å². The normalized spacial score (nSPS) is 45.2. The maximum Gasteiger partial charge on any atom is 0.0945 e. The van der Waals surface area contributed by atoms with Crippen LogP contribution >= 0.6 is 0 Å². The van der Waals surface area contributed by atoms with Crippen LogP contribution < -0.4 is 0 Å². The molecule has 0 aromatic heterocycles. The lowest BCUT2D eigenvalue weighted by Crippen LogP contribution is -2.30. The molecule has 13 heavy (non-hydrogen) atoms. The van der Waals surface area contributed by atoms with Gasteiger partial charge in [0.1, 0.15) is 0 Å². The molecule has 1 saturated carbocycles. The van der Waals surface area contributed by atoms with Gasteiger partial charge in [0.2, 0.25) is 0 Å². The van der Waals surface area contributed by atoms with Gasteiger partial charge >= 0.3 is 0 Å². The summed E-state index contributed by atoms with van der Waals surface area (Å²) in [7, 11) is 0. The first kappa shape index (κ1) is 9.51. The summed E-state index contributed by atoms with van der Waals surface area (Å²) in [4.78, 5) is 0. The number of ether oxygens (including phenoxy) is 1. The Kier molecular flexibility index (Phi) is 1.99. The van der Waals surface area contributed by atoms with Crippen LogP contribution in [0, 0.1) is 11.3 Å². The maximum absolute atomic E-state index is 5.71. The fraction of sp³-hybridized carbons (Fsp3) is 1.00. The largest absolute Gasteiger partial charge is 0.366 e. The Balaban J connectivity index is 1.90. The summed E-state index contributed by atoms with van der Waals surface area (Å²) in [5.74, 6) is 0.912. The zero-order valence-corrected chi connectivity index (χ0v) is 9.39. The van der Waals surface area contributed by atoms with Crippen LogP contribution in [0.5, 0.6) is 0 Å². The molecule has 2 fully saturated rings. The predicted octanol–water partition coefficient (Wildman–Crippen LogP) is 3.38. The molecule has 0 unspecified atom stereocenters. The SMILES string of the molecule is C[C@@H]1OC12CCC(C(C)(C)C)CC2. The molecular weight excluding hydrogens is 160 g/mol. The zero-order chi connectivity index (χ0) is 9.69. The average molecular weight is 182 g/mol. The number of epoxide rings is 1. The first-order valence-electron chi connectivity index (χ1n) is 5.62. The minimum atomic E-state index is 0.335. The summed E-state index contributed by atoms with van der Waals surface area (Å²) < 4.78 is 5.71. The highest BCUT2D eigenvalue weighted by atomic mass is 16.6. The molecule has 0 amide bonds. The van der Waals surface area contributed by atoms with Gasteiger partial charge in [-0.3, -0.25) is 0 Å². The van der Waals surface area contributed by atoms with Crippen molar-refractivity contribution < 1.29 is 4.74 Å². The summed E-state index contributed by atoms with van der Waals surface area (Å²) >= 11 is 0. The van der Waals surface area contributed by atoms with Crippen LogP contribution in [-0.4, -0.2) is 11.7 Å². The van der Waals surface area contributed by atoms with E-state index in [4.69, 9.17) is 4.74 Å². The Bertz CT molecular complexity index is 194. The summed E-state index contributed by atoms with van der Waals surface area (Å²) in [6, 6.07) is 0. The lowest BCUT2D eigenvalue weighted by atomic mass is 9.69. The van der Waals surface area contributed by atoms with Crippen molar-refractivity contribution >= 4 is 0 Å². The van der Waals surface area contributed by atoms with E-state index in [-0.39, 0.29) is 0 Å². The molecule has 0 N–H and O–H groups in total. The number of hydrogen-bond donors (Lipinski definition) is 0. The van der Waals surface area contributed by atoms with Crippen LogP contribution in [0.3, 0.4) is 0 Å². The van der Waals surface area contributed by atoms with Crippen molar-refractivity contribution in [2.24, 2.45) is 11.3 Å². The molecule has 1 spiro atoms. The second-order valence-corrected chi connectivity index (χ2v) is 5.97. The third kappa shape index (κ3) is 1.63. The minimum Gasteiger partial charge on any atom is -0.366 e. The standard InChI is InChI=1S/C12H22O/c1-9-12(13-9)7-5-10(6-8-12)11(2,3)4/h9-10H,5-8H2,1-4H3/t9-,10?,12?/m0/s1. The van der Waals surface area contributed by atoms with Gasteiger partial charge in [-0.2, -0.15) is 0 Å². The van der Waals surface area contributed by atoms with E-state index in [1.165, 1.54) is 25.7 Å². The second kappa shape index (κ2) is 2.73. The van der Waals surface area contributed by atoms with E-state index in [9.17, 15) is 0 Å². The Morgan fingerprint density at radius 2 is 1.62 bits per heavy atom. The summed E-state index contributed by atoms with van der Waals surface area (Å²) in [5.41, 5.74) is 0.835. The zero-order valence-electron chi connectivity index (χ0n) is 9.39. The van der Waals surface area contributed by atoms with Gasteiger partial charge in [-0.05, 0) is 43.9 Å². The molecule has 1 atom stereocenters. The molecule has 0 aromatic rings. The highest BCUT2D eigenvalue weighted by Crippen LogP contribution is 2.52. The van der Waals surface area contributed by atoms with Crippen LogP contribution in [0.1, 0.15) is 53.4 Å². The molecule has 1 heteroatoms. The molecule has 0 aromatic carbocycles. The molecule has 1 aliphatic heterocycles. The van der Waals surface area contributed by atoms with Gasteiger partial charge in [-0.1, -0.05) is 20.8 Å². The maximum atomic E-state index is 5.71. The Hall–Kier alpha value is -0.0400. The Labute approximate surface area is 81.9 Å². The van der Waals surface area contributed by atoms with Crippen molar-refractivity contribution in [3.05, 3.63) is 0 Å². The molecule has 0 bridgehead atoms. The summed E-state index contributed by atoms with van der Waals surface area (Å²) in [5, 5.41) is 0. The van der Waals surface area contributed by atoms with Crippen molar-refractivity contribution in [3.8, 4) is 0 Å². The first-order chi connectivity index (χ1) is 5.94. The fourth-order valence-corrected chi connectivity index (χ4v) is 2.81. The Morgan fingerprint density at radius 1 is 1.15 bits per heavy atom. The minimum absolute atomic E-state index is 0.335. The molecule has 1 nitrogen and oxygen atoms in total. The van der Waals surface area contributed by atoms with E-state index in [0.29, 0.717) is 17.1 Å². The monoisotopic (exact) mass is 182 g/mol. The molecule has 1 aliphatic carbocycles. The van der Waals surface area contributed by atoms with Gasteiger partial charge in [0.25, 0.3) is 0 Å². The molecule has 76 valence electrons. The topological polar surface area (TPSA) is 12.5 Å². The Morgan fingerprint density at radius 3 is 1.92 bits per heavy atom. The van der Waals surface area contributed by atoms with E-state index < -0.39 is 0 Å². The van der Waals surface area contributed by atoms with Gasteiger partial charge < -0.3 is 4.74 Å². The fourth-order valence-electron chi connectivity index (χ4n) is 2.81. The van der Waals surface area contributed by atoms with E-state index in [1.54, 1.807) is 0 Å². The van der Waals surface area contributed by atoms with Gasteiger partial charge in [-0.25, -0.2) is 0 Å². The quantitative estimate of drug-likeness (QED) is 0.523. The van der Waals surface area contributed by atoms with Gasteiger partial charge in [-0.15, -0.1) is 0 Å². The van der Waals surface area contributed by atoms with E-state index in [1.807, 2.05) is 0 Å². The highest BCUT2D eigenvalue weighted by molar-refractivity contribution is 5.03. The molecule has 2 aliphatic rings. The third-order valence-electron chi connectivity index (χ3n) is 4.15. The third-order valence-corrected chi connectivity index (χ3v) is 4.15. The highest BCUT2D eigenvalue weighted by Gasteiger charge is 2.55. The van der Waals surface area contributed by atoms with Crippen LogP contribution in [0.25, 0.3) is 0 Å². The van der Waals surface area contributed by atoms with Crippen molar-refractivity contribution in [1.82, 2.24) is 0 Å². The van der Waals surface area contributed by atoms with E-state index in [2.05, 4.69) is 27.7 Å². The molecule has 1 heterocycles. The molecule has 2 rings (SSSR count). The van der Waals surface area contributed by atoms with Crippen LogP contribution in [0.4, 0.5) is 0 Å². The van der Waals surface area contributed by atoms with Crippen molar-refractivity contribution in [2.75, 3.05) is 0 Å². The lowest BCUT2D eigenvalue weighted by molar-refractivity contribution is 0.125. The number of rotatable bonds is 0. The van der Waals surface area contributed by atoms with E-state index >= 15 is 0 Å². The second-order valence-electron chi connectivity index (χ2n) is 5.97. The van der Waals surface area contributed by atoms with Gasteiger partial charge in [0.15, 0.2) is 0 Å². The van der Waals surface area contributed by atoms with Crippen molar-refractivity contribution in [2.45, 2.75) is 65.1 Å². The van der Waals surface area contributed by atoms with Crippen LogP contribution in [-0.2, 0) is 4.74 Å². The van der Waals surface area contributed by atoms with E-state index in [0.717, 1.165) is 5.92 Å².